The van der Waals surface area contributed by atoms with Crippen molar-refractivity contribution in [3.63, 3.8) is 0 Å². The summed E-state index contributed by atoms with van der Waals surface area (Å²) in [6, 6.07) is 3.01. The van der Waals surface area contributed by atoms with Crippen LogP contribution in [0.3, 0.4) is 0 Å². The summed E-state index contributed by atoms with van der Waals surface area (Å²) in [6.45, 7) is 5.60. The highest BCUT2D eigenvalue weighted by atomic mass is 19.1. The summed E-state index contributed by atoms with van der Waals surface area (Å²) < 4.78 is 26.0. The SMILES string of the molecule is CC(C)NC(=O)C(C)NCc1ccc(F)cc1F. The number of hydrogen-bond donors (Lipinski definition) is 2. The van der Waals surface area contributed by atoms with Gasteiger partial charge in [-0.15, -0.1) is 0 Å². The number of halogens is 2. The van der Waals surface area contributed by atoms with Gasteiger partial charge in [0.15, 0.2) is 0 Å². The van der Waals surface area contributed by atoms with Gasteiger partial charge in [0, 0.05) is 24.2 Å². The second kappa shape index (κ2) is 6.44. The Hall–Kier alpha value is -1.49. The maximum Gasteiger partial charge on any atom is 0.237 e. The van der Waals surface area contributed by atoms with E-state index in [9.17, 15) is 13.6 Å². The smallest absolute Gasteiger partial charge is 0.237 e. The molecule has 18 heavy (non-hydrogen) atoms. The molecule has 0 saturated carbocycles. The molecule has 0 aromatic heterocycles. The highest BCUT2D eigenvalue weighted by Crippen LogP contribution is 2.09. The molecule has 0 aliphatic rings. The van der Waals surface area contributed by atoms with E-state index in [0.717, 1.165) is 6.07 Å². The number of benzene rings is 1. The number of nitrogens with one attached hydrogen (secondary N) is 2. The van der Waals surface area contributed by atoms with Crippen molar-refractivity contribution in [1.82, 2.24) is 10.6 Å². The maximum atomic E-state index is 13.3. The summed E-state index contributed by atoms with van der Waals surface area (Å²) >= 11 is 0. The number of carbonyl (C=O) groups is 1. The van der Waals surface area contributed by atoms with Crippen LogP contribution in [-0.2, 0) is 11.3 Å². The maximum absolute atomic E-state index is 13.3. The van der Waals surface area contributed by atoms with E-state index in [1.807, 2.05) is 13.8 Å². The van der Waals surface area contributed by atoms with E-state index in [1.54, 1.807) is 6.92 Å². The van der Waals surface area contributed by atoms with Gasteiger partial charge in [0.05, 0.1) is 6.04 Å². The minimum Gasteiger partial charge on any atom is -0.353 e. The first-order chi connectivity index (χ1) is 8.40. The zero-order valence-corrected chi connectivity index (χ0v) is 10.8. The number of rotatable bonds is 5. The fourth-order valence-corrected chi connectivity index (χ4v) is 1.43. The second-order valence-electron chi connectivity index (χ2n) is 4.50. The Bertz CT molecular complexity index is 421. The van der Waals surface area contributed by atoms with E-state index < -0.39 is 17.7 Å². The van der Waals surface area contributed by atoms with Gasteiger partial charge in [-0.3, -0.25) is 4.79 Å². The number of hydrogen-bond acceptors (Lipinski definition) is 2. The van der Waals surface area contributed by atoms with E-state index in [4.69, 9.17) is 0 Å². The first kappa shape index (κ1) is 14.6. The van der Waals surface area contributed by atoms with Crippen molar-refractivity contribution < 1.29 is 13.6 Å². The molecule has 0 radical (unpaired) electrons. The minimum atomic E-state index is -0.612. The molecule has 0 saturated heterocycles. The third kappa shape index (κ3) is 4.41. The van der Waals surface area contributed by atoms with Crippen LogP contribution in [0.1, 0.15) is 26.3 Å². The van der Waals surface area contributed by atoms with Gasteiger partial charge in [0.2, 0.25) is 5.91 Å². The van der Waals surface area contributed by atoms with Crippen molar-refractivity contribution in [2.75, 3.05) is 0 Å². The Morgan fingerprint density at radius 2 is 1.94 bits per heavy atom. The molecule has 0 aliphatic heterocycles. The van der Waals surface area contributed by atoms with Gasteiger partial charge in [-0.05, 0) is 26.8 Å². The van der Waals surface area contributed by atoms with Crippen molar-refractivity contribution in [2.45, 2.75) is 39.4 Å². The van der Waals surface area contributed by atoms with Crippen LogP contribution in [0.2, 0.25) is 0 Å². The van der Waals surface area contributed by atoms with Crippen molar-refractivity contribution in [2.24, 2.45) is 0 Å². The first-order valence-corrected chi connectivity index (χ1v) is 5.88. The molecule has 0 spiro atoms. The second-order valence-corrected chi connectivity index (χ2v) is 4.50. The molecule has 1 amide bonds. The number of amides is 1. The molecule has 1 atom stereocenters. The summed E-state index contributed by atoms with van der Waals surface area (Å²) in [5, 5.41) is 5.64. The van der Waals surface area contributed by atoms with Gasteiger partial charge in [-0.2, -0.15) is 0 Å². The molecule has 3 nitrogen and oxygen atoms in total. The van der Waals surface area contributed by atoms with Crippen LogP contribution in [0.25, 0.3) is 0 Å². The molecule has 1 aromatic rings. The van der Waals surface area contributed by atoms with Gasteiger partial charge in [0.25, 0.3) is 0 Å². The van der Waals surface area contributed by atoms with Crippen LogP contribution in [0.4, 0.5) is 8.78 Å². The van der Waals surface area contributed by atoms with Gasteiger partial charge in [-0.25, -0.2) is 8.78 Å². The first-order valence-electron chi connectivity index (χ1n) is 5.88. The van der Waals surface area contributed by atoms with Crippen LogP contribution < -0.4 is 10.6 Å². The Morgan fingerprint density at radius 3 is 2.50 bits per heavy atom. The van der Waals surface area contributed by atoms with Gasteiger partial charge < -0.3 is 10.6 Å². The topological polar surface area (TPSA) is 41.1 Å². The predicted molar refractivity (Wildman–Crippen MR) is 65.9 cm³/mol. The van der Waals surface area contributed by atoms with E-state index >= 15 is 0 Å². The fraction of sp³-hybridized carbons (Fsp3) is 0.462. The summed E-state index contributed by atoms with van der Waals surface area (Å²) in [7, 11) is 0. The highest BCUT2D eigenvalue weighted by molar-refractivity contribution is 5.81. The van der Waals surface area contributed by atoms with Gasteiger partial charge in [-0.1, -0.05) is 6.07 Å². The zero-order valence-electron chi connectivity index (χ0n) is 10.8. The molecule has 100 valence electrons. The van der Waals surface area contributed by atoms with Crippen LogP contribution >= 0.6 is 0 Å². The predicted octanol–water partition coefficient (Wildman–Crippen LogP) is 1.97. The summed E-state index contributed by atoms with van der Waals surface area (Å²) in [4.78, 5) is 11.6. The summed E-state index contributed by atoms with van der Waals surface area (Å²) in [5.74, 6) is -1.37. The standard InChI is InChI=1S/C13H18F2N2O/c1-8(2)17-13(18)9(3)16-7-10-4-5-11(14)6-12(10)15/h4-6,8-9,16H,7H2,1-3H3,(H,17,18). The van der Waals surface area contributed by atoms with Crippen molar-refractivity contribution >= 4 is 5.91 Å². The number of carbonyl (C=O) groups excluding carboxylic acids is 1. The van der Waals surface area contributed by atoms with E-state index in [1.165, 1.54) is 12.1 Å². The van der Waals surface area contributed by atoms with Crippen LogP contribution in [0, 0.1) is 11.6 Å². The molecule has 1 aromatic carbocycles. The summed E-state index contributed by atoms with van der Waals surface area (Å²) in [5.41, 5.74) is 0.334. The zero-order chi connectivity index (χ0) is 13.7. The molecule has 2 N–H and O–H groups in total. The quantitative estimate of drug-likeness (QED) is 0.845. The Labute approximate surface area is 106 Å². The molecular weight excluding hydrogens is 238 g/mol. The minimum absolute atomic E-state index is 0.0595. The Morgan fingerprint density at radius 1 is 1.28 bits per heavy atom. The monoisotopic (exact) mass is 256 g/mol. The Balaban J connectivity index is 2.52. The molecule has 1 rings (SSSR count). The highest BCUT2D eigenvalue weighted by Gasteiger charge is 2.13. The van der Waals surface area contributed by atoms with Gasteiger partial charge >= 0.3 is 0 Å². The lowest BCUT2D eigenvalue weighted by Gasteiger charge is -2.16. The van der Waals surface area contributed by atoms with Gasteiger partial charge in [0.1, 0.15) is 11.6 Å². The molecule has 0 heterocycles. The van der Waals surface area contributed by atoms with E-state index in [0.29, 0.717) is 5.56 Å². The van der Waals surface area contributed by atoms with Crippen LogP contribution in [0.5, 0.6) is 0 Å². The molecular formula is C13H18F2N2O. The van der Waals surface area contributed by atoms with E-state index in [-0.39, 0.29) is 18.5 Å². The molecule has 5 heteroatoms. The lowest BCUT2D eigenvalue weighted by Crippen LogP contribution is -2.44. The molecule has 0 fully saturated rings. The Kier molecular flexibility index (Phi) is 5.22. The molecule has 0 aliphatic carbocycles. The van der Waals surface area contributed by atoms with E-state index in [2.05, 4.69) is 10.6 Å². The van der Waals surface area contributed by atoms with Crippen LogP contribution in [0.15, 0.2) is 18.2 Å². The van der Waals surface area contributed by atoms with Crippen LogP contribution in [-0.4, -0.2) is 18.0 Å². The lowest BCUT2D eigenvalue weighted by molar-refractivity contribution is -0.123. The molecule has 0 bridgehead atoms. The third-order valence-electron chi connectivity index (χ3n) is 2.44. The van der Waals surface area contributed by atoms with Crippen molar-refractivity contribution in [1.29, 1.82) is 0 Å². The summed E-state index contributed by atoms with van der Waals surface area (Å²) in [6.07, 6.45) is 0. The van der Waals surface area contributed by atoms with Crippen molar-refractivity contribution in [3.8, 4) is 0 Å². The average molecular weight is 256 g/mol. The largest absolute Gasteiger partial charge is 0.353 e. The normalized spacial score (nSPS) is 12.6. The van der Waals surface area contributed by atoms with Crippen molar-refractivity contribution in [3.05, 3.63) is 35.4 Å². The molecule has 1 unspecified atom stereocenters. The third-order valence-corrected chi connectivity index (χ3v) is 2.44. The lowest BCUT2D eigenvalue weighted by atomic mass is 10.2. The average Bonchev–Trinajstić information content (AvgIpc) is 2.26. The fourth-order valence-electron chi connectivity index (χ4n) is 1.43.